The molecule has 0 aliphatic carbocycles. The molecular weight excluding hydrogens is 304 g/mol. The van der Waals surface area contributed by atoms with Crippen molar-refractivity contribution in [3.63, 3.8) is 0 Å². The first-order valence-electron chi connectivity index (χ1n) is 8.13. The van der Waals surface area contributed by atoms with E-state index < -0.39 is 18.4 Å². The number of pyridine rings is 1. The number of hydrogen-bond donors (Lipinski definition) is 2. The van der Waals surface area contributed by atoms with Gasteiger partial charge in [-0.05, 0) is 17.5 Å². The predicted molar refractivity (Wildman–Crippen MR) is 91.2 cm³/mol. The fourth-order valence-corrected chi connectivity index (χ4v) is 2.62. The van der Waals surface area contributed by atoms with Crippen LogP contribution in [0.4, 0.5) is 0 Å². The lowest BCUT2D eigenvalue weighted by atomic mass is 9.83. The summed E-state index contributed by atoms with van der Waals surface area (Å²) < 4.78 is 11.6. The Bertz CT molecular complexity index is 698. The fraction of sp³-hybridized carbons (Fsp3) is 0.421. The maximum Gasteiger partial charge on any atom is 0.227 e. The van der Waals surface area contributed by atoms with Crippen molar-refractivity contribution < 1.29 is 14.6 Å². The Kier molecular flexibility index (Phi) is 4.58. The Morgan fingerprint density at radius 2 is 1.88 bits per heavy atom. The molecule has 0 fully saturated rings. The second-order valence-electron chi connectivity index (χ2n) is 7.19. The second kappa shape index (κ2) is 6.51. The quantitative estimate of drug-likeness (QED) is 0.905. The van der Waals surface area contributed by atoms with E-state index in [1.807, 2.05) is 57.2 Å². The van der Waals surface area contributed by atoms with Gasteiger partial charge >= 0.3 is 0 Å². The summed E-state index contributed by atoms with van der Waals surface area (Å²) in [4.78, 5) is 4.50. The van der Waals surface area contributed by atoms with Gasteiger partial charge in [-0.15, -0.1) is 0 Å². The molecule has 3 rings (SSSR count). The van der Waals surface area contributed by atoms with E-state index in [9.17, 15) is 5.11 Å². The molecule has 3 N–H and O–H groups in total. The van der Waals surface area contributed by atoms with Crippen LogP contribution in [-0.4, -0.2) is 16.1 Å². The largest absolute Gasteiger partial charge is 0.459 e. The average molecular weight is 328 g/mol. The number of nitrogens with two attached hydrogens (primary N) is 1. The normalized spacial score (nSPS) is 20.0. The van der Waals surface area contributed by atoms with Crippen LogP contribution in [0.2, 0.25) is 0 Å². The lowest BCUT2D eigenvalue weighted by Gasteiger charge is -2.31. The van der Waals surface area contributed by atoms with Crippen LogP contribution in [0.5, 0.6) is 5.75 Å². The van der Waals surface area contributed by atoms with E-state index in [1.165, 1.54) is 0 Å². The minimum atomic E-state index is -0.831. The lowest BCUT2D eigenvalue weighted by molar-refractivity contribution is -0.113. The summed E-state index contributed by atoms with van der Waals surface area (Å²) in [5.74, 6) is 0.676. The third-order valence-electron chi connectivity index (χ3n) is 4.27. The first-order chi connectivity index (χ1) is 11.4. The van der Waals surface area contributed by atoms with Crippen LogP contribution in [0.15, 0.2) is 42.5 Å². The smallest absolute Gasteiger partial charge is 0.227 e. The van der Waals surface area contributed by atoms with Gasteiger partial charge in [0.1, 0.15) is 17.5 Å². The van der Waals surface area contributed by atoms with Gasteiger partial charge in [-0.3, -0.25) is 0 Å². The van der Waals surface area contributed by atoms with Crippen molar-refractivity contribution in [3.05, 3.63) is 59.4 Å². The number of hydrogen-bond acceptors (Lipinski definition) is 5. The number of ether oxygens (including phenoxy) is 2. The summed E-state index contributed by atoms with van der Waals surface area (Å²) in [5.41, 5.74) is 8.11. The van der Waals surface area contributed by atoms with Crippen LogP contribution >= 0.6 is 0 Å². The van der Waals surface area contributed by atoms with Gasteiger partial charge in [0.05, 0.1) is 12.3 Å². The summed E-state index contributed by atoms with van der Waals surface area (Å²) in [5, 5.41) is 10.5. The van der Waals surface area contributed by atoms with Crippen molar-refractivity contribution in [2.24, 2.45) is 11.1 Å². The van der Waals surface area contributed by atoms with E-state index in [4.69, 9.17) is 15.2 Å². The topological polar surface area (TPSA) is 77.6 Å². The monoisotopic (exact) mass is 328 g/mol. The van der Waals surface area contributed by atoms with Crippen molar-refractivity contribution in [2.45, 2.75) is 45.8 Å². The molecule has 0 bridgehead atoms. The number of aromatic nitrogens is 1. The van der Waals surface area contributed by atoms with E-state index >= 15 is 0 Å². The Balaban J connectivity index is 1.79. The molecule has 0 radical (unpaired) electrons. The summed E-state index contributed by atoms with van der Waals surface area (Å²) in [6.45, 7) is 6.32. The molecule has 1 aliphatic rings. The van der Waals surface area contributed by atoms with Crippen molar-refractivity contribution in [2.75, 3.05) is 0 Å². The Morgan fingerprint density at radius 1 is 1.17 bits per heavy atom. The van der Waals surface area contributed by atoms with E-state index in [-0.39, 0.29) is 5.41 Å². The molecule has 128 valence electrons. The van der Waals surface area contributed by atoms with Crippen LogP contribution < -0.4 is 10.5 Å². The zero-order chi connectivity index (χ0) is 17.3. The molecule has 0 amide bonds. The van der Waals surface area contributed by atoms with Crippen molar-refractivity contribution in [1.29, 1.82) is 0 Å². The van der Waals surface area contributed by atoms with Crippen molar-refractivity contribution in [1.82, 2.24) is 4.98 Å². The molecule has 1 aromatic carbocycles. The maximum absolute atomic E-state index is 10.5. The highest BCUT2D eigenvalue weighted by atomic mass is 16.7. The van der Waals surface area contributed by atoms with Gasteiger partial charge in [-0.25, -0.2) is 4.98 Å². The standard InChI is InChI=1S/C19H24N2O3/c1-19(2,3)17(20)16(22)13-9-10-15-14(21-13)11-23-18(24-15)12-7-5-4-6-8-12/h4-10,16-18,22H,11,20H2,1-3H3. The molecule has 0 saturated carbocycles. The van der Waals surface area contributed by atoms with E-state index in [0.717, 1.165) is 5.56 Å². The Morgan fingerprint density at radius 3 is 2.54 bits per heavy atom. The minimum Gasteiger partial charge on any atom is -0.459 e. The molecule has 1 aliphatic heterocycles. The number of rotatable bonds is 3. The Labute approximate surface area is 142 Å². The minimum absolute atomic E-state index is 0.220. The Hall–Kier alpha value is -1.95. The number of aliphatic hydroxyl groups excluding tert-OH is 1. The van der Waals surface area contributed by atoms with Gasteiger partial charge in [0, 0.05) is 11.6 Å². The van der Waals surface area contributed by atoms with Crippen LogP contribution in [0.3, 0.4) is 0 Å². The van der Waals surface area contributed by atoms with Gasteiger partial charge in [-0.1, -0.05) is 51.1 Å². The van der Waals surface area contributed by atoms with Gasteiger partial charge in [0.2, 0.25) is 6.29 Å². The van der Waals surface area contributed by atoms with Crippen LogP contribution in [0.1, 0.15) is 50.1 Å². The highest BCUT2D eigenvalue weighted by Gasteiger charge is 2.31. The van der Waals surface area contributed by atoms with Gasteiger partial charge in [0.15, 0.2) is 0 Å². The second-order valence-corrected chi connectivity index (χ2v) is 7.19. The van der Waals surface area contributed by atoms with Gasteiger partial charge < -0.3 is 20.3 Å². The van der Waals surface area contributed by atoms with Gasteiger partial charge in [-0.2, -0.15) is 0 Å². The zero-order valence-electron chi connectivity index (χ0n) is 14.3. The molecule has 1 aromatic heterocycles. The molecule has 2 aromatic rings. The first kappa shape index (κ1) is 16.9. The SMILES string of the molecule is CC(C)(C)C(N)C(O)c1ccc2c(n1)COC(c1ccccc1)O2. The molecule has 24 heavy (non-hydrogen) atoms. The third kappa shape index (κ3) is 3.43. The molecule has 2 heterocycles. The molecule has 5 heteroatoms. The van der Waals surface area contributed by atoms with E-state index in [2.05, 4.69) is 4.98 Å². The van der Waals surface area contributed by atoms with Gasteiger partial charge in [0.25, 0.3) is 0 Å². The highest BCUT2D eigenvalue weighted by Crippen LogP contribution is 2.34. The number of aliphatic hydroxyl groups is 1. The molecule has 3 unspecified atom stereocenters. The third-order valence-corrected chi connectivity index (χ3v) is 4.27. The summed E-state index contributed by atoms with van der Waals surface area (Å²) >= 11 is 0. The molecule has 5 nitrogen and oxygen atoms in total. The predicted octanol–water partition coefficient (Wildman–Crippen LogP) is 3.10. The van der Waals surface area contributed by atoms with E-state index in [0.29, 0.717) is 23.7 Å². The van der Waals surface area contributed by atoms with Crippen LogP contribution in [-0.2, 0) is 11.3 Å². The molecule has 0 spiro atoms. The van der Waals surface area contributed by atoms with Crippen molar-refractivity contribution >= 4 is 0 Å². The van der Waals surface area contributed by atoms with Crippen molar-refractivity contribution in [3.8, 4) is 5.75 Å². The van der Waals surface area contributed by atoms with E-state index in [1.54, 1.807) is 6.07 Å². The average Bonchev–Trinajstić information content (AvgIpc) is 2.59. The summed E-state index contributed by atoms with van der Waals surface area (Å²) in [6.07, 6.45) is -1.27. The number of benzene rings is 1. The fourth-order valence-electron chi connectivity index (χ4n) is 2.62. The first-order valence-corrected chi connectivity index (χ1v) is 8.13. The molecular formula is C19H24N2O3. The number of fused-ring (bicyclic) bond motifs is 1. The van der Waals surface area contributed by atoms with Crippen LogP contribution in [0, 0.1) is 5.41 Å². The summed E-state index contributed by atoms with van der Waals surface area (Å²) in [7, 11) is 0. The number of nitrogens with zero attached hydrogens (tertiary/aromatic N) is 1. The lowest BCUT2D eigenvalue weighted by Crippen LogP contribution is -2.40. The maximum atomic E-state index is 10.5. The molecule has 0 saturated heterocycles. The molecule has 3 atom stereocenters. The zero-order valence-corrected chi connectivity index (χ0v) is 14.3. The summed E-state index contributed by atoms with van der Waals surface area (Å²) in [6, 6.07) is 13.0. The highest BCUT2D eigenvalue weighted by molar-refractivity contribution is 5.32. The van der Waals surface area contributed by atoms with Crippen LogP contribution in [0.25, 0.3) is 0 Å².